The first-order chi connectivity index (χ1) is 7.15. The highest BCUT2D eigenvalue weighted by Crippen LogP contribution is 2.17. The van der Waals surface area contributed by atoms with E-state index in [1.165, 1.54) is 0 Å². The number of hydrogen-bond acceptors (Lipinski definition) is 1. The van der Waals surface area contributed by atoms with Gasteiger partial charge in [0.2, 0.25) is 0 Å². The molecule has 0 aliphatic rings. The molecule has 0 spiro atoms. The first kappa shape index (κ1) is 12.5. The molecule has 3 heteroatoms. The molecule has 0 saturated heterocycles. The van der Waals surface area contributed by atoms with Crippen LogP contribution in [0.15, 0.2) is 18.2 Å². The normalized spacial score (nSPS) is 12.8. The number of rotatable bonds is 5. The van der Waals surface area contributed by atoms with Crippen molar-refractivity contribution in [2.45, 2.75) is 26.8 Å². The van der Waals surface area contributed by atoms with Crippen LogP contribution < -0.4 is 5.32 Å². The van der Waals surface area contributed by atoms with Crippen molar-refractivity contribution in [3.8, 4) is 0 Å². The SMILES string of the molecule is CCC(C)CNCc1cccc(Cl)c1F. The Kier molecular flexibility index (Phi) is 5.06. The Morgan fingerprint density at radius 1 is 1.47 bits per heavy atom. The highest BCUT2D eigenvalue weighted by Gasteiger charge is 2.05. The lowest BCUT2D eigenvalue weighted by Crippen LogP contribution is -2.20. The van der Waals surface area contributed by atoms with E-state index in [0.29, 0.717) is 18.0 Å². The van der Waals surface area contributed by atoms with Crippen molar-refractivity contribution in [2.24, 2.45) is 5.92 Å². The van der Waals surface area contributed by atoms with Crippen molar-refractivity contribution in [3.05, 3.63) is 34.6 Å². The standard InChI is InChI=1S/C12H17ClFN/c1-3-9(2)7-15-8-10-5-4-6-11(13)12(10)14/h4-6,9,15H,3,7-8H2,1-2H3. The summed E-state index contributed by atoms with van der Waals surface area (Å²) in [6.07, 6.45) is 1.13. The van der Waals surface area contributed by atoms with Crippen LogP contribution >= 0.6 is 11.6 Å². The van der Waals surface area contributed by atoms with E-state index < -0.39 is 0 Å². The van der Waals surface area contributed by atoms with Gasteiger partial charge in [0.15, 0.2) is 0 Å². The topological polar surface area (TPSA) is 12.0 Å². The average Bonchev–Trinajstić information content (AvgIpc) is 2.24. The summed E-state index contributed by atoms with van der Waals surface area (Å²) in [6.45, 7) is 5.76. The minimum atomic E-state index is -0.309. The Labute approximate surface area is 95.6 Å². The number of nitrogens with one attached hydrogen (secondary N) is 1. The van der Waals surface area contributed by atoms with Crippen LogP contribution in [0.5, 0.6) is 0 Å². The maximum Gasteiger partial charge on any atom is 0.146 e. The number of hydrogen-bond donors (Lipinski definition) is 1. The van der Waals surface area contributed by atoms with Crippen molar-refractivity contribution in [1.29, 1.82) is 0 Å². The molecule has 1 nitrogen and oxygen atoms in total. The molecule has 0 aromatic heterocycles. The Balaban J connectivity index is 2.47. The summed E-state index contributed by atoms with van der Waals surface area (Å²) in [5.74, 6) is 0.308. The quantitative estimate of drug-likeness (QED) is 0.813. The van der Waals surface area contributed by atoms with Crippen molar-refractivity contribution >= 4 is 11.6 Å². The highest BCUT2D eigenvalue weighted by atomic mass is 35.5. The lowest BCUT2D eigenvalue weighted by atomic mass is 10.1. The van der Waals surface area contributed by atoms with Gasteiger partial charge in [-0.3, -0.25) is 0 Å². The van der Waals surface area contributed by atoms with Gasteiger partial charge in [-0.2, -0.15) is 0 Å². The molecule has 15 heavy (non-hydrogen) atoms. The summed E-state index contributed by atoms with van der Waals surface area (Å²) in [6, 6.07) is 5.09. The second kappa shape index (κ2) is 6.09. The summed E-state index contributed by atoms with van der Waals surface area (Å²) in [4.78, 5) is 0. The molecule has 1 atom stereocenters. The second-order valence-electron chi connectivity index (χ2n) is 3.86. The van der Waals surface area contributed by atoms with Crippen LogP contribution in [0.4, 0.5) is 4.39 Å². The average molecular weight is 230 g/mol. The van der Waals surface area contributed by atoms with E-state index in [1.54, 1.807) is 18.2 Å². The summed E-state index contributed by atoms with van der Waals surface area (Å²) in [5.41, 5.74) is 0.630. The largest absolute Gasteiger partial charge is 0.312 e. The van der Waals surface area contributed by atoms with E-state index in [-0.39, 0.29) is 10.8 Å². The number of halogens is 2. The molecule has 0 radical (unpaired) electrons. The lowest BCUT2D eigenvalue weighted by Gasteiger charge is -2.10. The third-order valence-electron chi connectivity index (χ3n) is 2.54. The molecule has 1 aromatic carbocycles. The van der Waals surface area contributed by atoms with Gasteiger partial charge < -0.3 is 5.32 Å². The third kappa shape index (κ3) is 3.80. The zero-order chi connectivity index (χ0) is 11.3. The summed E-state index contributed by atoms with van der Waals surface area (Å²) in [7, 11) is 0. The first-order valence-electron chi connectivity index (χ1n) is 5.28. The van der Waals surface area contributed by atoms with Crippen molar-refractivity contribution in [1.82, 2.24) is 5.32 Å². The Morgan fingerprint density at radius 2 is 2.20 bits per heavy atom. The maximum absolute atomic E-state index is 13.4. The van der Waals surface area contributed by atoms with Gasteiger partial charge in [-0.05, 0) is 18.5 Å². The van der Waals surface area contributed by atoms with Gasteiger partial charge in [0.25, 0.3) is 0 Å². The van der Waals surface area contributed by atoms with Crippen LogP contribution in [0.2, 0.25) is 5.02 Å². The molecule has 0 fully saturated rings. The fraction of sp³-hybridized carbons (Fsp3) is 0.500. The van der Waals surface area contributed by atoms with Crippen LogP contribution in [0, 0.1) is 11.7 Å². The van der Waals surface area contributed by atoms with Crippen LogP contribution in [-0.4, -0.2) is 6.54 Å². The van der Waals surface area contributed by atoms with E-state index in [0.717, 1.165) is 13.0 Å². The van der Waals surface area contributed by atoms with Crippen molar-refractivity contribution in [3.63, 3.8) is 0 Å². The Morgan fingerprint density at radius 3 is 2.87 bits per heavy atom. The molecule has 0 amide bonds. The summed E-state index contributed by atoms with van der Waals surface area (Å²) in [5, 5.41) is 3.41. The van der Waals surface area contributed by atoms with Crippen LogP contribution in [0.3, 0.4) is 0 Å². The molecule has 84 valence electrons. The minimum absolute atomic E-state index is 0.192. The van der Waals surface area contributed by atoms with Crippen LogP contribution in [0.1, 0.15) is 25.8 Å². The van der Waals surface area contributed by atoms with E-state index >= 15 is 0 Å². The molecule has 0 bridgehead atoms. The third-order valence-corrected chi connectivity index (χ3v) is 2.83. The predicted molar refractivity (Wildman–Crippen MR) is 62.6 cm³/mol. The van der Waals surface area contributed by atoms with Gasteiger partial charge in [0, 0.05) is 12.1 Å². The van der Waals surface area contributed by atoms with Gasteiger partial charge in [-0.25, -0.2) is 4.39 Å². The lowest BCUT2D eigenvalue weighted by molar-refractivity contribution is 0.492. The van der Waals surface area contributed by atoms with Crippen LogP contribution in [-0.2, 0) is 6.54 Å². The van der Waals surface area contributed by atoms with Gasteiger partial charge in [-0.15, -0.1) is 0 Å². The molecular weight excluding hydrogens is 213 g/mol. The zero-order valence-corrected chi connectivity index (χ0v) is 9.94. The fourth-order valence-corrected chi connectivity index (χ4v) is 1.48. The molecule has 1 unspecified atom stereocenters. The number of benzene rings is 1. The maximum atomic E-state index is 13.4. The van der Waals surface area contributed by atoms with Gasteiger partial charge in [0.05, 0.1) is 5.02 Å². The molecule has 1 N–H and O–H groups in total. The summed E-state index contributed by atoms with van der Waals surface area (Å²) < 4.78 is 13.4. The van der Waals surface area contributed by atoms with Gasteiger partial charge >= 0.3 is 0 Å². The smallest absolute Gasteiger partial charge is 0.146 e. The first-order valence-corrected chi connectivity index (χ1v) is 5.66. The molecule has 0 aliphatic heterocycles. The Bertz CT molecular complexity index is 314. The monoisotopic (exact) mass is 229 g/mol. The molecule has 1 rings (SSSR count). The summed E-state index contributed by atoms with van der Waals surface area (Å²) >= 11 is 5.68. The molecular formula is C12H17ClFN. The van der Waals surface area contributed by atoms with E-state index in [1.807, 2.05) is 0 Å². The Hall–Kier alpha value is -0.600. The molecule has 0 saturated carbocycles. The molecule has 0 aliphatic carbocycles. The van der Waals surface area contributed by atoms with E-state index in [9.17, 15) is 4.39 Å². The minimum Gasteiger partial charge on any atom is -0.312 e. The second-order valence-corrected chi connectivity index (χ2v) is 4.26. The van der Waals surface area contributed by atoms with Crippen molar-refractivity contribution < 1.29 is 4.39 Å². The van der Waals surface area contributed by atoms with Crippen LogP contribution in [0.25, 0.3) is 0 Å². The predicted octanol–water partition coefficient (Wildman–Crippen LogP) is 3.61. The molecule has 1 aromatic rings. The zero-order valence-electron chi connectivity index (χ0n) is 9.19. The van der Waals surface area contributed by atoms with E-state index in [2.05, 4.69) is 19.2 Å². The fourth-order valence-electron chi connectivity index (χ4n) is 1.28. The molecule has 0 heterocycles. The van der Waals surface area contributed by atoms with E-state index in [4.69, 9.17) is 11.6 Å². The highest BCUT2D eigenvalue weighted by molar-refractivity contribution is 6.30. The van der Waals surface area contributed by atoms with Crippen molar-refractivity contribution in [2.75, 3.05) is 6.54 Å². The van der Waals surface area contributed by atoms with Gasteiger partial charge in [0.1, 0.15) is 5.82 Å². The van der Waals surface area contributed by atoms with Gasteiger partial charge in [-0.1, -0.05) is 44.0 Å².